The smallest absolute Gasteiger partial charge is 0.293 e. The lowest BCUT2D eigenvalue weighted by Crippen LogP contribution is -2.34. The van der Waals surface area contributed by atoms with Gasteiger partial charge >= 0.3 is 0 Å². The van der Waals surface area contributed by atoms with E-state index in [4.69, 9.17) is 0 Å². The Kier molecular flexibility index (Phi) is 6.30. The molecule has 2 N–H and O–H groups in total. The molecule has 3 aromatic heterocycles. The maximum absolute atomic E-state index is 12.9. The van der Waals surface area contributed by atoms with E-state index < -0.39 is 0 Å². The number of carbonyl (C=O) groups is 1. The summed E-state index contributed by atoms with van der Waals surface area (Å²) in [6, 6.07) is 12.0. The van der Waals surface area contributed by atoms with E-state index in [2.05, 4.69) is 20.6 Å². The fourth-order valence-corrected chi connectivity index (χ4v) is 3.64. The van der Waals surface area contributed by atoms with Crippen LogP contribution in [0.4, 0.5) is 5.82 Å². The third-order valence-corrected chi connectivity index (χ3v) is 5.32. The molecule has 32 heavy (non-hydrogen) atoms. The molecule has 4 aromatic rings. The van der Waals surface area contributed by atoms with Crippen LogP contribution in [0, 0.1) is 13.8 Å². The summed E-state index contributed by atoms with van der Waals surface area (Å²) in [6.45, 7) is 4.64. The second kappa shape index (κ2) is 9.47. The third kappa shape index (κ3) is 4.85. The SMILES string of the molecule is Cc1cc(CNC(=O)Cn2c(C)cnc(NCCc3ccccc3)c2=O)cn2ccnc12. The monoisotopic (exact) mass is 430 g/mol. The van der Waals surface area contributed by atoms with E-state index >= 15 is 0 Å². The molecule has 164 valence electrons. The molecule has 0 aliphatic rings. The van der Waals surface area contributed by atoms with E-state index in [-0.39, 0.29) is 23.8 Å². The van der Waals surface area contributed by atoms with Crippen LogP contribution < -0.4 is 16.2 Å². The zero-order valence-electron chi connectivity index (χ0n) is 18.2. The molecule has 1 amide bonds. The second-order valence-electron chi connectivity index (χ2n) is 7.77. The zero-order chi connectivity index (χ0) is 22.5. The van der Waals surface area contributed by atoms with Gasteiger partial charge in [0.1, 0.15) is 12.2 Å². The Balaban J connectivity index is 1.38. The van der Waals surface area contributed by atoms with Crippen LogP contribution in [0.2, 0.25) is 0 Å². The first-order valence-corrected chi connectivity index (χ1v) is 10.5. The number of nitrogens with one attached hydrogen (secondary N) is 2. The molecular formula is C24H26N6O2. The number of fused-ring (bicyclic) bond motifs is 1. The molecule has 0 unspecified atom stereocenters. The standard InChI is InChI=1S/C24H26N6O2/c1-17-12-20(15-29-11-10-26-23(17)29)14-27-21(31)16-30-18(2)13-28-22(24(30)32)25-9-8-19-6-4-3-5-7-19/h3-7,10-13,15H,8-9,14,16H2,1-2H3,(H,25,28)(H,27,31). The highest BCUT2D eigenvalue weighted by Crippen LogP contribution is 2.11. The molecule has 0 bridgehead atoms. The number of hydrogen-bond acceptors (Lipinski definition) is 5. The molecule has 0 aliphatic heterocycles. The predicted octanol–water partition coefficient (Wildman–Crippen LogP) is 2.48. The van der Waals surface area contributed by atoms with Crippen LogP contribution in [-0.4, -0.2) is 31.4 Å². The van der Waals surface area contributed by atoms with E-state index in [0.29, 0.717) is 18.8 Å². The minimum Gasteiger partial charge on any atom is -0.365 e. The van der Waals surface area contributed by atoms with E-state index in [1.807, 2.05) is 60.1 Å². The van der Waals surface area contributed by atoms with Crippen molar-refractivity contribution in [2.75, 3.05) is 11.9 Å². The number of aryl methyl sites for hydroxylation is 2. The van der Waals surface area contributed by atoms with Gasteiger partial charge in [0, 0.05) is 43.6 Å². The lowest BCUT2D eigenvalue weighted by molar-refractivity contribution is -0.121. The average molecular weight is 431 g/mol. The van der Waals surface area contributed by atoms with Crippen molar-refractivity contribution in [1.82, 2.24) is 24.3 Å². The van der Waals surface area contributed by atoms with E-state index in [9.17, 15) is 9.59 Å². The van der Waals surface area contributed by atoms with Crippen molar-refractivity contribution < 1.29 is 4.79 Å². The molecule has 0 saturated heterocycles. The number of anilines is 1. The Morgan fingerprint density at radius 3 is 2.72 bits per heavy atom. The van der Waals surface area contributed by atoms with Crippen molar-refractivity contribution in [1.29, 1.82) is 0 Å². The minimum atomic E-state index is -0.302. The van der Waals surface area contributed by atoms with Crippen LogP contribution in [0.1, 0.15) is 22.4 Å². The van der Waals surface area contributed by atoms with Gasteiger partial charge in [0.2, 0.25) is 5.91 Å². The Morgan fingerprint density at radius 2 is 1.91 bits per heavy atom. The number of pyridine rings is 1. The fourth-order valence-electron chi connectivity index (χ4n) is 3.64. The molecule has 0 saturated carbocycles. The predicted molar refractivity (Wildman–Crippen MR) is 124 cm³/mol. The molecule has 4 rings (SSSR count). The van der Waals surface area contributed by atoms with Crippen molar-refractivity contribution in [2.45, 2.75) is 33.4 Å². The first kappa shape index (κ1) is 21.3. The van der Waals surface area contributed by atoms with Gasteiger partial charge in [-0.2, -0.15) is 0 Å². The van der Waals surface area contributed by atoms with Crippen molar-refractivity contribution in [3.8, 4) is 0 Å². The van der Waals surface area contributed by atoms with E-state index in [0.717, 1.165) is 23.2 Å². The van der Waals surface area contributed by atoms with Crippen LogP contribution in [0.15, 0.2) is 66.0 Å². The van der Waals surface area contributed by atoms with Gasteiger partial charge in [-0.1, -0.05) is 30.3 Å². The van der Waals surface area contributed by atoms with Crippen molar-refractivity contribution in [3.05, 3.63) is 93.9 Å². The van der Waals surface area contributed by atoms with Gasteiger partial charge < -0.3 is 15.0 Å². The lowest BCUT2D eigenvalue weighted by atomic mass is 10.1. The molecule has 0 aliphatic carbocycles. The molecule has 8 heteroatoms. The number of aromatic nitrogens is 4. The van der Waals surface area contributed by atoms with Crippen LogP contribution in [0.3, 0.4) is 0 Å². The number of nitrogens with zero attached hydrogens (tertiary/aromatic N) is 4. The first-order valence-electron chi connectivity index (χ1n) is 10.5. The number of benzene rings is 1. The van der Waals surface area contributed by atoms with E-state index in [1.54, 1.807) is 19.3 Å². The highest BCUT2D eigenvalue weighted by Gasteiger charge is 2.12. The Labute approximate surface area is 186 Å². The summed E-state index contributed by atoms with van der Waals surface area (Å²) in [5.41, 5.74) is 4.40. The summed E-state index contributed by atoms with van der Waals surface area (Å²) >= 11 is 0. The Morgan fingerprint density at radius 1 is 1.09 bits per heavy atom. The fraction of sp³-hybridized carbons (Fsp3) is 0.250. The number of rotatable bonds is 8. The number of carbonyl (C=O) groups excluding carboxylic acids is 1. The molecular weight excluding hydrogens is 404 g/mol. The van der Waals surface area contributed by atoms with Crippen LogP contribution in [-0.2, 0) is 24.3 Å². The zero-order valence-corrected chi connectivity index (χ0v) is 18.2. The summed E-state index contributed by atoms with van der Waals surface area (Å²) in [4.78, 5) is 33.9. The Hall–Kier alpha value is -3.94. The molecule has 0 atom stereocenters. The van der Waals surface area contributed by atoms with Gasteiger partial charge in [0.15, 0.2) is 5.82 Å². The molecule has 1 aromatic carbocycles. The van der Waals surface area contributed by atoms with Gasteiger partial charge in [-0.15, -0.1) is 0 Å². The molecule has 0 fully saturated rings. The summed E-state index contributed by atoms with van der Waals surface area (Å²) in [6.07, 6.45) is 7.94. The summed E-state index contributed by atoms with van der Waals surface area (Å²) in [7, 11) is 0. The van der Waals surface area contributed by atoms with Crippen LogP contribution in [0.25, 0.3) is 5.65 Å². The van der Waals surface area contributed by atoms with Crippen molar-refractivity contribution in [3.63, 3.8) is 0 Å². The van der Waals surface area contributed by atoms with E-state index in [1.165, 1.54) is 10.1 Å². The molecule has 0 radical (unpaired) electrons. The molecule has 8 nitrogen and oxygen atoms in total. The number of hydrogen-bond donors (Lipinski definition) is 2. The number of amides is 1. The van der Waals surface area contributed by atoms with Crippen LogP contribution in [0.5, 0.6) is 0 Å². The topological polar surface area (TPSA) is 93.3 Å². The van der Waals surface area contributed by atoms with Gasteiger partial charge in [-0.05, 0) is 43.0 Å². The maximum Gasteiger partial charge on any atom is 0.293 e. The molecule has 3 heterocycles. The van der Waals surface area contributed by atoms with Crippen molar-refractivity contribution in [2.24, 2.45) is 0 Å². The average Bonchev–Trinajstić information content (AvgIpc) is 3.27. The van der Waals surface area contributed by atoms with Gasteiger partial charge in [0.25, 0.3) is 5.56 Å². The highest BCUT2D eigenvalue weighted by atomic mass is 16.2. The Bertz CT molecular complexity index is 1290. The van der Waals surface area contributed by atoms with Crippen LogP contribution >= 0.6 is 0 Å². The van der Waals surface area contributed by atoms with Gasteiger partial charge in [-0.3, -0.25) is 14.2 Å². The van der Waals surface area contributed by atoms with Gasteiger partial charge in [0.05, 0.1) is 0 Å². The summed E-state index contributed by atoms with van der Waals surface area (Å²) in [5.74, 6) is 0.0144. The number of imidazole rings is 1. The van der Waals surface area contributed by atoms with Gasteiger partial charge in [-0.25, -0.2) is 9.97 Å². The van der Waals surface area contributed by atoms with Crippen molar-refractivity contribution >= 4 is 17.4 Å². The summed E-state index contributed by atoms with van der Waals surface area (Å²) < 4.78 is 3.37. The maximum atomic E-state index is 12.9. The molecule has 0 spiro atoms. The summed E-state index contributed by atoms with van der Waals surface area (Å²) in [5, 5.41) is 5.99. The minimum absolute atomic E-state index is 0.0626. The normalized spacial score (nSPS) is 10.9. The quantitative estimate of drug-likeness (QED) is 0.448. The third-order valence-electron chi connectivity index (χ3n) is 5.32. The lowest BCUT2D eigenvalue weighted by Gasteiger charge is -2.13. The first-order chi connectivity index (χ1) is 15.5. The second-order valence-corrected chi connectivity index (χ2v) is 7.77. The highest BCUT2D eigenvalue weighted by molar-refractivity contribution is 5.75. The largest absolute Gasteiger partial charge is 0.365 e.